The number of hydrogen-bond acceptors (Lipinski definition) is 5. The molecule has 0 spiro atoms. The van der Waals surface area contributed by atoms with Crippen molar-refractivity contribution < 1.29 is 9.53 Å². The molecule has 1 aromatic heterocycles. The molecule has 0 fully saturated rings. The van der Waals surface area contributed by atoms with E-state index >= 15 is 0 Å². The highest BCUT2D eigenvalue weighted by Crippen LogP contribution is 2.17. The summed E-state index contributed by atoms with van der Waals surface area (Å²) in [7, 11) is 0. The fourth-order valence-corrected chi connectivity index (χ4v) is 2.54. The number of carbonyl (C=O) groups excluding carboxylic acids is 1. The Morgan fingerprint density at radius 1 is 1.08 bits per heavy atom. The van der Waals surface area contributed by atoms with Crippen molar-refractivity contribution >= 4 is 11.6 Å². The number of ether oxygens (including phenoxy) is 1. The molecule has 7 nitrogen and oxygen atoms in total. The fourth-order valence-electron chi connectivity index (χ4n) is 2.54. The normalized spacial score (nSPS) is 10.5. The van der Waals surface area contributed by atoms with E-state index in [1.807, 2.05) is 59.3 Å². The molecular formula is C19H21N5O2. The van der Waals surface area contributed by atoms with Crippen LogP contribution in [-0.2, 0) is 11.3 Å². The Bertz CT molecular complexity index is 831. The quantitative estimate of drug-likeness (QED) is 0.631. The highest BCUT2D eigenvalue weighted by Gasteiger charge is 2.07. The molecule has 0 aliphatic heterocycles. The van der Waals surface area contributed by atoms with Gasteiger partial charge in [0.15, 0.2) is 5.82 Å². The van der Waals surface area contributed by atoms with Crippen LogP contribution in [0, 0.1) is 0 Å². The molecule has 26 heavy (non-hydrogen) atoms. The molecule has 1 heterocycles. The Morgan fingerprint density at radius 2 is 1.85 bits per heavy atom. The molecule has 0 aliphatic carbocycles. The summed E-state index contributed by atoms with van der Waals surface area (Å²) < 4.78 is 7.54. The molecule has 2 aromatic carbocycles. The van der Waals surface area contributed by atoms with E-state index in [4.69, 9.17) is 4.74 Å². The van der Waals surface area contributed by atoms with Crippen LogP contribution in [0.3, 0.4) is 0 Å². The number of rotatable bonds is 8. The van der Waals surface area contributed by atoms with Gasteiger partial charge in [0.05, 0.1) is 6.61 Å². The zero-order valence-electron chi connectivity index (χ0n) is 14.6. The largest absolute Gasteiger partial charge is 0.494 e. The van der Waals surface area contributed by atoms with Crippen LogP contribution >= 0.6 is 0 Å². The number of aryl methyl sites for hydroxylation is 1. The lowest BCUT2D eigenvalue weighted by molar-refractivity contribution is -0.114. The molecule has 0 bridgehead atoms. The third kappa shape index (κ3) is 4.89. The van der Waals surface area contributed by atoms with E-state index in [2.05, 4.69) is 20.8 Å². The van der Waals surface area contributed by atoms with Crippen LogP contribution in [0.15, 0.2) is 54.6 Å². The van der Waals surface area contributed by atoms with Gasteiger partial charge in [-0.2, -0.15) is 0 Å². The summed E-state index contributed by atoms with van der Waals surface area (Å²) in [6.07, 6.45) is 1.80. The van der Waals surface area contributed by atoms with Crippen LogP contribution in [0.4, 0.5) is 5.69 Å². The lowest BCUT2D eigenvalue weighted by Crippen LogP contribution is -2.06. The Kier molecular flexibility index (Phi) is 5.92. The Balaban J connectivity index is 1.43. The Morgan fingerprint density at radius 3 is 2.58 bits per heavy atom. The van der Waals surface area contributed by atoms with Crippen molar-refractivity contribution in [2.45, 2.75) is 26.3 Å². The minimum absolute atomic E-state index is 0.0869. The number of unbranched alkanes of at least 4 members (excludes halogenated alkanes) is 1. The number of anilines is 1. The van der Waals surface area contributed by atoms with Crippen molar-refractivity contribution in [2.24, 2.45) is 0 Å². The average molecular weight is 351 g/mol. The van der Waals surface area contributed by atoms with E-state index in [1.165, 1.54) is 6.92 Å². The van der Waals surface area contributed by atoms with Crippen molar-refractivity contribution in [3.05, 3.63) is 54.6 Å². The molecule has 0 radical (unpaired) electrons. The van der Waals surface area contributed by atoms with E-state index in [1.54, 1.807) is 0 Å². The standard InChI is InChI=1S/C19H21N5O2/c1-15(25)20-17-9-11-18(12-10-17)26-14-6-5-13-24-19(21-22-23-24)16-7-3-2-4-8-16/h2-4,7-12H,5-6,13-14H2,1H3,(H,20,25). The number of nitrogens with one attached hydrogen (secondary N) is 1. The first kappa shape index (κ1) is 17.6. The first-order valence-corrected chi connectivity index (χ1v) is 8.54. The average Bonchev–Trinajstić information content (AvgIpc) is 3.12. The minimum atomic E-state index is -0.0869. The molecule has 7 heteroatoms. The van der Waals surface area contributed by atoms with Crippen LogP contribution in [0.25, 0.3) is 11.4 Å². The summed E-state index contributed by atoms with van der Waals surface area (Å²) in [4.78, 5) is 11.0. The number of aromatic nitrogens is 4. The van der Waals surface area contributed by atoms with Gasteiger partial charge < -0.3 is 10.1 Å². The summed E-state index contributed by atoms with van der Waals surface area (Å²) >= 11 is 0. The zero-order chi connectivity index (χ0) is 18.2. The Labute approximate surface area is 152 Å². The van der Waals surface area contributed by atoms with Crippen molar-refractivity contribution in [2.75, 3.05) is 11.9 Å². The van der Waals surface area contributed by atoms with Gasteiger partial charge in [0.2, 0.25) is 5.91 Å². The first-order valence-electron chi connectivity index (χ1n) is 8.54. The van der Waals surface area contributed by atoms with Gasteiger partial charge in [0.1, 0.15) is 5.75 Å². The summed E-state index contributed by atoms with van der Waals surface area (Å²) in [6, 6.07) is 17.2. The lowest BCUT2D eigenvalue weighted by atomic mass is 10.2. The minimum Gasteiger partial charge on any atom is -0.494 e. The van der Waals surface area contributed by atoms with Crippen LogP contribution in [0.2, 0.25) is 0 Å². The predicted octanol–water partition coefficient (Wildman–Crippen LogP) is 3.16. The lowest BCUT2D eigenvalue weighted by Gasteiger charge is -2.08. The van der Waals surface area contributed by atoms with Crippen molar-refractivity contribution in [3.8, 4) is 17.1 Å². The maximum atomic E-state index is 11.0. The maximum absolute atomic E-state index is 11.0. The number of tetrazole rings is 1. The van der Waals surface area contributed by atoms with Crippen molar-refractivity contribution in [1.29, 1.82) is 0 Å². The first-order chi connectivity index (χ1) is 12.7. The highest BCUT2D eigenvalue weighted by molar-refractivity contribution is 5.88. The molecule has 0 saturated heterocycles. The van der Waals surface area contributed by atoms with Crippen LogP contribution in [0.1, 0.15) is 19.8 Å². The molecule has 1 N–H and O–H groups in total. The van der Waals surface area contributed by atoms with E-state index < -0.39 is 0 Å². The van der Waals surface area contributed by atoms with Crippen LogP contribution in [0.5, 0.6) is 5.75 Å². The molecule has 3 rings (SSSR count). The van der Waals surface area contributed by atoms with Gasteiger partial charge in [-0.05, 0) is 47.5 Å². The second kappa shape index (κ2) is 8.75. The van der Waals surface area contributed by atoms with E-state index in [9.17, 15) is 4.79 Å². The van der Waals surface area contributed by atoms with Crippen LogP contribution in [-0.4, -0.2) is 32.7 Å². The smallest absolute Gasteiger partial charge is 0.221 e. The van der Waals surface area contributed by atoms with Crippen molar-refractivity contribution in [1.82, 2.24) is 20.2 Å². The molecule has 0 aliphatic rings. The fraction of sp³-hybridized carbons (Fsp3) is 0.263. The summed E-state index contributed by atoms with van der Waals surface area (Å²) in [5.74, 6) is 1.47. The molecule has 0 saturated carbocycles. The molecular weight excluding hydrogens is 330 g/mol. The van der Waals surface area contributed by atoms with Crippen molar-refractivity contribution in [3.63, 3.8) is 0 Å². The number of nitrogens with zero attached hydrogens (tertiary/aromatic N) is 4. The third-order valence-corrected chi connectivity index (χ3v) is 3.77. The molecule has 134 valence electrons. The van der Waals surface area contributed by atoms with Gasteiger partial charge in [0, 0.05) is 24.7 Å². The second-order valence-electron chi connectivity index (χ2n) is 5.85. The summed E-state index contributed by atoms with van der Waals surface area (Å²) in [5, 5.41) is 14.7. The number of amides is 1. The number of hydrogen-bond donors (Lipinski definition) is 1. The van der Waals surface area contributed by atoms with Gasteiger partial charge in [0.25, 0.3) is 0 Å². The monoisotopic (exact) mass is 351 g/mol. The van der Waals surface area contributed by atoms with Gasteiger partial charge in [-0.15, -0.1) is 5.10 Å². The number of carbonyl (C=O) groups is 1. The third-order valence-electron chi connectivity index (χ3n) is 3.77. The summed E-state index contributed by atoms with van der Waals surface area (Å²) in [6.45, 7) is 2.84. The SMILES string of the molecule is CC(=O)Nc1ccc(OCCCCn2nnnc2-c2ccccc2)cc1. The highest BCUT2D eigenvalue weighted by atomic mass is 16.5. The van der Waals surface area contributed by atoms with Gasteiger partial charge in [-0.25, -0.2) is 4.68 Å². The summed E-state index contributed by atoms with van der Waals surface area (Å²) in [5.41, 5.74) is 1.77. The van der Waals surface area contributed by atoms with Gasteiger partial charge >= 0.3 is 0 Å². The zero-order valence-corrected chi connectivity index (χ0v) is 14.6. The maximum Gasteiger partial charge on any atom is 0.221 e. The van der Waals surface area contributed by atoms with Gasteiger partial charge in [-0.3, -0.25) is 4.79 Å². The molecule has 3 aromatic rings. The molecule has 1 amide bonds. The van der Waals surface area contributed by atoms with E-state index in [-0.39, 0.29) is 5.91 Å². The van der Waals surface area contributed by atoms with E-state index in [0.717, 1.165) is 42.2 Å². The van der Waals surface area contributed by atoms with E-state index in [0.29, 0.717) is 6.61 Å². The predicted molar refractivity (Wildman–Crippen MR) is 98.7 cm³/mol. The Hall–Kier alpha value is -3.22. The van der Waals surface area contributed by atoms with Crippen LogP contribution < -0.4 is 10.1 Å². The topological polar surface area (TPSA) is 81.9 Å². The second-order valence-corrected chi connectivity index (χ2v) is 5.85. The van der Waals surface area contributed by atoms with Gasteiger partial charge in [-0.1, -0.05) is 30.3 Å². The number of benzene rings is 2. The molecule has 0 atom stereocenters. The molecule has 0 unspecified atom stereocenters.